The molecule has 0 spiro atoms. The van der Waals surface area contributed by atoms with Gasteiger partial charge in [-0.2, -0.15) is 9.67 Å². The molecule has 0 saturated carbocycles. The number of aryl methyl sites for hydroxylation is 2. The van der Waals surface area contributed by atoms with E-state index in [2.05, 4.69) is 46.3 Å². The molecule has 0 saturated heterocycles. The minimum Gasteiger partial charge on any atom is -0.458 e. The number of hydrogen-bond acceptors (Lipinski definition) is 6. The van der Waals surface area contributed by atoms with Crippen LogP contribution in [0.15, 0.2) is 46.2 Å². The van der Waals surface area contributed by atoms with E-state index in [1.165, 1.54) is 21.6 Å². The summed E-state index contributed by atoms with van der Waals surface area (Å²) in [5.74, 6) is 2.13. The molecule has 0 bridgehead atoms. The van der Waals surface area contributed by atoms with Gasteiger partial charge in [-0.3, -0.25) is 0 Å². The molecule has 7 heteroatoms. The van der Waals surface area contributed by atoms with Crippen molar-refractivity contribution in [3.8, 4) is 28.0 Å². The van der Waals surface area contributed by atoms with E-state index in [-0.39, 0.29) is 5.95 Å². The lowest BCUT2D eigenvalue weighted by atomic mass is 10.1. The summed E-state index contributed by atoms with van der Waals surface area (Å²) in [7, 11) is 0. The quantitative estimate of drug-likeness (QED) is 0.614. The van der Waals surface area contributed by atoms with Crippen molar-refractivity contribution in [2.75, 3.05) is 5.73 Å². The number of nitrogen functional groups attached to an aromatic ring is 1. The fourth-order valence-electron chi connectivity index (χ4n) is 2.34. The Morgan fingerprint density at radius 3 is 2.54 bits per heavy atom. The second kappa shape index (κ2) is 5.61. The Hall–Kier alpha value is -2.93. The van der Waals surface area contributed by atoms with E-state index in [0.717, 1.165) is 17.0 Å². The van der Waals surface area contributed by atoms with Gasteiger partial charge in [-0.1, -0.05) is 29.8 Å². The average Bonchev–Trinajstić information content (AvgIpc) is 3.27. The molecule has 2 N–H and O–H groups in total. The minimum atomic E-state index is 0.281. The van der Waals surface area contributed by atoms with Crippen molar-refractivity contribution in [2.24, 2.45) is 0 Å². The molecule has 3 heterocycles. The van der Waals surface area contributed by atoms with Crippen molar-refractivity contribution in [1.29, 1.82) is 0 Å². The first kappa shape index (κ1) is 14.6. The molecule has 3 aromatic heterocycles. The summed E-state index contributed by atoms with van der Waals surface area (Å²) in [5, 5.41) is 7.07. The smallest absolute Gasteiger partial charge is 0.226 e. The molecule has 0 radical (unpaired) electrons. The third-order valence-electron chi connectivity index (χ3n) is 3.61. The Morgan fingerprint density at radius 1 is 1.04 bits per heavy atom. The first-order valence-electron chi connectivity index (χ1n) is 7.42. The van der Waals surface area contributed by atoms with E-state index in [1.807, 2.05) is 24.4 Å². The maximum Gasteiger partial charge on any atom is 0.226 e. The highest BCUT2D eigenvalue weighted by atomic mass is 32.1. The van der Waals surface area contributed by atoms with Gasteiger partial charge >= 0.3 is 0 Å². The van der Waals surface area contributed by atoms with E-state index < -0.39 is 0 Å². The van der Waals surface area contributed by atoms with Crippen molar-refractivity contribution in [2.45, 2.75) is 13.8 Å². The fraction of sp³-hybridized carbons (Fsp3) is 0.118. The lowest BCUT2D eigenvalue weighted by Crippen LogP contribution is -2.01. The Kier molecular flexibility index (Phi) is 3.42. The van der Waals surface area contributed by atoms with Gasteiger partial charge in [-0.15, -0.1) is 16.4 Å². The summed E-state index contributed by atoms with van der Waals surface area (Å²) >= 11 is 1.47. The second-order valence-corrected chi connectivity index (χ2v) is 6.33. The van der Waals surface area contributed by atoms with Crippen LogP contribution in [0.1, 0.15) is 11.3 Å². The summed E-state index contributed by atoms with van der Waals surface area (Å²) in [6, 6.07) is 11.9. The molecule has 120 valence electrons. The number of benzene rings is 1. The first-order valence-corrected chi connectivity index (χ1v) is 8.30. The number of rotatable bonds is 3. The Bertz CT molecular complexity index is 996. The van der Waals surface area contributed by atoms with Gasteiger partial charge in [0.05, 0.1) is 5.69 Å². The zero-order valence-electron chi connectivity index (χ0n) is 13.2. The van der Waals surface area contributed by atoms with Gasteiger partial charge < -0.3 is 10.2 Å². The maximum absolute atomic E-state index is 6.00. The van der Waals surface area contributed by atoms with Crippen molar-refractivity contribution < 1.29 is 4.42 Å². The van der Waals surface area contributed by atoms with E-state index in [4.69, 9.17) is 10.2 Å². The van der Waals surface area contributed by atoms with Crippen LogP contribution in [0, 0.1) is 13.8 Å². The highest BCUT2D eigenvalue weighted by molar-refractivity contribution is 7.12. The molecule has 0 unspecified atom stereocenters. The van der Waals surface area contributed by atoms with Crippen LogP contribution >= 0.6 is 11.3 Å². The molecule has 0 amide bonds. The van der Waals surface area contributed by atoms with Crippen LogP contribution in [0.5, 0.6) is 0 Å². The molecule has 1 aromatic carbocycles. The molecular weight excluding hydrogens is 322 g/mol. The van der Waals surface area contributed by atoms with Crippen LogP contribution < -0.4 is 5.73 Å². The predicted octanol–water partition coefficient (Wildman–Crippen LogP) is 3.85. The molecular formula is C17H15N5OS. The van der Waals surface area contributed by atoms with E-state index in [1.54, 1.807) is 0 Å². The van der Waals surface area contributed by atoms with Gasteiger partial charge in [0.2, 0.25) is 16.9 Å². The number of anilines is 1. The van der Waals surface area contributed by atoms with Crippen LogP contribution in [-0.4, -0.2) is 19.7 Å². The summed E-state index contributed by atoms with van der Waals surface area (Å²) in [5.41, 5.74) is 9.16. The van der Waals surface area contributed by atoms with Crippen LogP contribution in [-0.2, 0) is 0 Å². The van der Waals surface area contributed by atoms with E-state index in [0.29, 0.717) is 16.7 Å². The topological polar surface area (TPSA) is 82.8 Å². The average molecular weight is 337 g/mol. The van der Waals surface area contributed by atoms with Gasteiger partial charge in [0.15, 0.2) is 5.76 Å². The SMILES string of the molecule is Cc1ccc(-c2csc(-n3nc(-c4ccc(C)o4)nc3N)n2)cc1. The number of nitrogens with two attached hydrogens (primary N) is 1. The van der Waals surface area contributed by atoms with Crippen LogP contribution in [0.2, 0.25) is 0 Å². The molecule has 4 rings (SSSR count). The standard InChI is InChI=1S/C17H15N5OS/c1-10-3-6-12(7-4-10)13-9-24-17(19-13)22-16(18)20-15(21-22)14-8-5-11(2)23-14/h3-9H,1-2H3,(H2,18,20,21). The number of nitrogens with zero attached hydrogens (tertiary/aromatic N) is 4. The van der Waals surface area contributed by atoms with Gasteiger partial charge in [0.1, 0.15) is 5.76 Å². The van der Waals surface area contributed by atoms with Crippen molar-refractivity contribution in [3.05, 3.63) is 53.1 Å². The molecule has 0 fully saturated rings. The van der Waals surface area contributed by atoms with Crippen LogP contribution in [0.3, 0.4) is 0 Å². The molecule has 0 aliphatic rings. The monoisotopic (exact) mass is 337 g/mol. The predicted molar refractivity (Wildman–Crippen MR) is 94.1 cm³/mol. The van der Waals surface area contributed by atoms with Crippen LogP contribution in [0.25, 0.3) is 28.0 Å². The van der Waals surface area contributed by atoms with Crippen LogP contribution in [0.4, 0.5) is 5.95 Å². The number of furan rings is 1. The zero-order chi connectivity index (χ0) is 16.7. The Labute approximate surface area is 142 Å². The van der Waals surface area contributed by atoms with Gasteiger partial charge in [0.25, 0.3) is 0 Å². The third kappa shape index (κ3) is 2.59. The zero-order valence-corrected chi connectivity index (χ0v) is 14.0. The molecule has 24 heavy (non-hydrogen) atoms. The van der Waals surface area contributed by atoms with Gasteiger partial charge in [-0.25, -0.2) is 4.98 Å². The lowest BCUT2D eigenvalue weighted by molar-refractivity contribution is 0.544. The van der Waals surface area contributed by atoms with Crippen molar-refractivity contribution in [3.63, 3.8) is 0 Å². The highest BCUT2D eigenvalue weighted by Crippen LogP contribution is 2.27. The maximum atomic E-state index is 6.00. The van der Waals surface area contributed by atoms with Gasteiger partial charge in [0, 0.05) is 10.9 Å². The van der Waals surface area contributed by atoms with Crippen molar-refractivity contribution >= 4 is 17.3 Å². The summed E-state index contributed by atoms with van der Waals surface area (Å²) in [6.45, 7) is 3.93. The second-order valence-electron chi connectivity index (χ2n) is 5.50. The summed E-state index contributed by atoms with van der Waals surface area (Å²) in [4.78, 5) is 8.89. The molecule has 4 aromatic rings. The molecule has 0 aliphatic heterocycles. The van der Waals surface area contributed by atoms with Gasteiger partial charge in [-0.05, 0) is 26.0 Å². The number of thiazole rings is 1. The fourth-order valence-corrected chi connectivity index (χ4v) is 3.13. The minimum absolute atomic E-state index is 0.281. The first-order chi connectivity index (χ1) is 11.6. The Balaban J connectivity index is 1.70. The molecule has 0 aliphatic carbocycles. The highest BCUT2D eigenvalue weighted by Gasteiger charge is 2.16. The largest absolute Gasteiger partial charge is 0.458 e. The summed E-state index contributed by atoms with van der Waals surface area (Å²) < 4.78 is 7.09. The third-order valence-corrected chi connectivity index (χ3v) is 4.43. The van der Waals surface area contributed by atoms with E-state index in [9.17, 15) is 0 Å². The van der Waals surface area contributed by atoms with E-state index >= 15 is 0 Å². The molecule has 6 nitrogen and oxygen atoms in total. The number of aromatic nitrogens is 4. The lowest BCUT2D eigenvalue weighted by Gasteiger charge is -1.98. The van der Waals surface area contributed by atoms with Crippen molar-refractivity contribution in [1.82, 2.24) is 19.7 Å². The normalized spacial score (nSPS) is 11.1. The summed E-state index contributed by atoms with van der Waals surface area (Å²) in [6.07, 6.45) is 0. The molecule has 0 atom stereocenters. The Morgan fingerprint density at radius 2 is 1.83 bits per heavy atom. The number of hydrogen-bond donors (Lipinski definition) is 1.